The summed E-state index contributed by atoms with van der Waals surface area (Å²) in [6, 6.07) is 6.21. The Morgan fingerprint density at radius 3 is 2.59 bits per heavy atom. The summed E-state index contributed by atoms with van der Waals surface area (Å²) in [5.74, 6) is 0. The molecule has 1 aromatic carbocycles. The van der Waals surface area contributed by atoms with Crippen LogP contribution in [0.2, 0.25) is 5.02 Å². The Kier molecular flexibility index (Phi) is 3.37. The molecule has 1 aromatic rings. The fraction of sp³-hybridized carbons (Fsp3) is 0.571. The van der Waals surface area contributed by atoms with Gasteiger partial charge in [0.2, 0.25) is 0 Å². The minimum absolute atomic E-state index is 0.0385. The lowest BCUT2D eigenvalue weighted by molar-refractivity contribution is 0.418. The van der Waals surface area contributed by atoms with E-state index in [0.29, 0.717) is 5.41 Å². The smallest absolute Gasteiger partial charge is 0.0642 e. The van der Waals surface area contributed by atoms with Crippen molar-refractivity contribution >= 4 is 17.3 Å². The molecule has 0 bridgehead atoms. The van der Waals surface area contributed by atoms with Gasteiger partial charge in [0.25, 0.3) is 0 Å². The van der Waals surface area contributed by atoms with Crippen LogP contribution in [-0.2, 0) is 0 Å². The van der Waals surface area contributed by atoms with Crippen molar-refractivity contribution in [3.8, 4) is 0 Å². The van der Waals surface area contributed by atoms with Crippen LogP contribution in [0.1, 0.15) is 38.8 Å². The Bertz CT molecular complexity index is 413. The maximum Gasteiger partial charge on any atom is 0.0642 e. The SMILES string of the molecule is CC(N)c1ccc(N2CCC(C)(C)C2)c(Cl)c1. The molecule has 1 aliphatic rings. The molecular weight excluding hydrogens is 232 g/mol. The van der Waals surface area contributed by atoms with Gasteiger partial charge in [-0.3, -0.25) is 0 Å². The highest BCUT2D eigenvalue weighted by atomic mass is 35.5. The van der Waals surface area contributed by atoms with Crippen LogP contribution < -0.4 is 10.6 Å². The Morgan fingerprint density at radius 2 is 2.12 bits per heavy atom. The molecule has 1 saturated heterocycles. The Morgan fingerprint density at radius 1 is 1.41 bits per heavy atom. The molecule has 17 heavy (non-hydrogen) atoms. The molecule has 0 saturated carbocycles. The number of rotatable bonds is 2. The van der Waals surface area contributed by atoms with Crippen molar-refractivity contribution < 1.29 is 0 Å². The van der Waals surface area contributed by atoms with E-state index >= 15 is 0 Å². The maximum atomic E-state index is 6.35. The lowest BCUT2D eigenvalue weighted by Crippen LogP contribution is -2.23. The van der Waals surface area contributed by atoms with Crippen LogP contribution in [0.3, 0.4) is 0 Å². The molecule has 0 radical (unpaired) electrons. The minimum Gasteiger partial charge on any atom is -0.370 e. The largest absolute Gasteiger partial charge is 0.370 e. The standard InChI is InChI=1S/C14H21ClN2/c1-10(16)11-4-5-13(12(15)8-11)17-7-6-14(2,3)9-17/h4-5,8,10H,6-7,9,16H2,1-3H3. The van der Waals surface area contributed by atoms with Crippen LogP contribution in [0, 0.1) is 5.41 Å². The van der Waals surface area contributed by atoms with Crippen molar-refractivity contribution in [2.24, 2.45) is 11.1 Å². The van der Waals surface area contributed by atoms with Gasteiger partial charge in [-0.05, 0) is 36.5 Å². The van der Waals surface area contributed by atoms with Crippen molar-refractivity contribution in [3.05, 3.63) is 28.8 Å². The monoisotopic (exact) mass is 252 g/mol. The molecule has 1 aliphatic heterocycles. The second-order valence-corrected chi connectivity index (χ2v) is 6.24. The highest BCUT2D eigenvalue weighted by molar-refractivity contribution is 6.33. The summed E-state index contributed by atoms with van der Waals surface area (Å²) >= 11 is 6.35. The van der Waals surface area contributed by atoms with E-state index in [1.165, 1.54) is 6.42 Å². The third-order valence-electron chi connectivity index (χ3n) is 3.52. The van der Waals surface area contributed by atoms with Crippen LogP contribution in [0.25, 0.3) is 0 Å². The van der Waals surface area contributed by atoms with E-state index in [0.717, 1.165) is 29.4 Å². The second kappa shape index (κ2) is 4.51. The van der Waals surface area contributed by atoms with Gasteiger partial charge in [0, 0.05) is 19.1 Å². The molecule has 0 aliphatic carbocycles. The van der Waals surface area contributed by atoms with E-state index in [1.807, 2.05) is 13.0 Å². The number of hydrogen-bond acceptors (Lipinski definition) is 2. The predicted octanol–water partition coefficient (Wildman–Crippen LogP) is 3.60. The first-order valence-electron chi connectivity index (χ1n) is 6.19. The lowest BCUT2D eigenvalue weighted by atomic mass is 9.93. The van der Waals surface area contributed by atoms with Gasteiger partial charge in [0.15, 0.2) is 0 Å². The van der Waals surface area contributed by atoms with Crippen LogP contribution in [0.4, 0.5) is 5.69 Å². The second-order valence-electron chi connectivity index (χ2n) is 5.84. The van der Waals surface area contributed by atoms with E-state index in [9.17, 15) is 0 Å². The van der Waals surface area contributed by atoms with E-state index in [1.54, 1.807) is 0 Å². The topological polar surface area (TPSA) is 29.3 Å². The highest BCUT2D eigenvalue weighted by Gasteiger charge is 2.30. The third kappa shape index (κ3) is 2.75. The zero-order valence-electron chi connectivity index (χ0n) is 10.8. The quantitative estimate of drug-likeness (QED) is 0.872. The number of anilines is 1. The summed E-state index contributed by atoms with van der Waals surface area (Å²) in [6.07, 6.45) is 1.22. The molecule has 0 amide bonds. The predicted molar refractivity (Wildman–Crippen MR) is 74.7 cm³/mol. The zero-order valence-corrected chi connectivity index (χ0v) is 11.6. The number of nitrogens with zero attached hydrogens (tertiary/aromatic N) is 1. The van der Waals surface area contributed by atoms with Crippen LogP contribution in [0.15, 0.2) is 18.2 Å². The molecular formula is C14H21ClN2. The van der Waals surface area contributed by atoms with Crippen molar-refractivity contribution in [3.63, 3.8) is 0 Å². The van der Waals surface area contributed by atoms with E-state index in [-0.39, 0.29) is 6.04 Å². The fourth-order valence-corrected chi connectivity index (χ4v) is 2.69. The van der Waals surface area contributed by atoms with Crippen molar-refractivity contribution in [1.29, 1.82) is 0 Å². The van der Waals surface area contributed by atoms with Crippen molar-refractivity contribution in [1.82, 2.24) is 0 Å². The van der Waals surface area contributed by atoms with Crippen LogP contribution >= 0.6 is 11.6 Å². The molecule has 0 spiro atoms. The molecule has 3 heteroatoms. The number of halogens is 1. The molecule has 0 aromatic heterocycles. The maximum absolute atomic E-state index is 6.35. The first-order chi connectivity index (χ1) is 7.89. The summed E-state index contributed by atoms with van der Waals surface area (Å²) in [4.78, 5) is 2.37. The normalized spacial score (nSPS) is 20.6. The van der Waals surface area contributed by atoms with E-state index < -0.39 is 0 Å². The first-order valence-corrected chi connectivity index (χ1v) is 6.57. The zero-order chi connectivity index (χ0) is 12.6. The van der Waals surface area contributed by atoms with Gasteiger partial charge in [-0.15, -0.1) is 0 Å². The molecule has 2 nitrogen and oxygen atoms in total. The summed E-state index contributed by atoms with van der Waals surface area (Å²) < 4.78 is 0. The Hall–Kier alpha value is -0.730. The molecule has 94 valence electrons. The molecule has 2 rings (SSSR count). The first kappa shape index (κ1) is 12.7. The summed E-state index contributed by atoms with van der Waals surface area (Å²) in [7, 11) is 0. The number of nitrogens with two attached hydrogens (primary N) is 1. The highest BCUT2D eigenvalue weighted by Crippen LogP contribution is 2.36. The Labute approximate surface area is 109 Å². The van der Waals surface area contributed by atoms with Gasteiger partial charge < -0.3 is 10.6 Å². The fourth-order valence-electron chi connectivity index (χ4n) is 2.38. The summed E-state index contributed by atoms with van der Waals surface area (Å²) in [5.41, 5.74) is 8.48. The van der Waals surface area contributed by atoms with Crippen molar-refractivity contribution in [2.45, 2.75) is 33.2 Å². The number of hydrogen-bond donors (Lipinski definition) is 1. The molecule has 1 heterocycles. The third-order valence-corrected chi connectivity index (χ3v) is 3.82. The van der Waals surface area contributed by atoms with Crippen LogP contribution in [0.5, 0.6) is 0 Å². The summed E-state index contributed by atoms with van der Waals surface area (Å²) in [5, 5.41) is 0.817. The number of benzene rings is 1. The van der Waals surface area contributed by atoms with Gasteiger partial charge in [-0.2, -0.15) is 0 Å². The average molecular weight is 253 g/mol. The van der Waals surface area contributed by atoms with Gasteiger partial charge in [-0.25, -0.2) is 0 Å². The summed E-state index contributed by atoms with van der Waals surface area (Å²) in [6.45, 7) is 8.74. The van der Waals surface area contributed by atoms with E-state index in [2.05, 4.69) is 30.9 Å². The van der Waals surface area contributed by atoms with Gasteiger partial charge in [0.05, 0.1) is 10.7 Å². The van der Waals surface area contributed by atoms with Crippen LogP contribution in [-0.4, -0.2) is 13.1 Å². The Balaban J connectivity index is 2.23. The lowest BCUT2D eigenvalue weighted by Gasteiger charge is -2.23. The van der Waals surface area contributed by atoms with E-state index in [4.69, 9.17) is 17.3 Å². The minimum atomic E-state index is 0.0385. The molecule has 1 atom stereocenters. The molecule has 1 unspecified atom stereocenters. The van der Waals surface area contributed by atoms with Gasteiger partial charge in [-0.1, -0.05) is 31.5 Å². The molecule has 1 fully saturated rings. The average Bonchev–Trinajstić information content (AvgIpc) is 2.58. The van der Waals surface area contributed by atoms with Gasteiger partial charge >= 0.3 is 0 Å². The molecule has 2 N–H and O–H groups in total. The van der Waals surface area contributed by atoms with Gasteiger partial charge in [0.1, 0.15) is 0 Å². The van der Waals surface area contributed by atoms with Crippen molar-refractivity contribution in [2.75, 3.05) is 18.0 Å².